The molecule has 1 fully saturated rings. The fourth-order valence-corrected chi connectivity index (χ4v) is 3.25. The minimum Gasteiger partial charge on any atom is -0.508 e. The standard InChI is InChI=1S/C15H13BrF3N3O2/c16-12-13(8-4-5-8)22(21-14(12)15(17,18)19)7-11(24)20-9-2-1-3-10(23)6-9/h1-3,6,8,23H,4-5,7H2,(H,20,24). The summed E-state index contributed by atoms with van der Waals surface area (Å²) in [4.78, 5) is 12.1. The van der Waals surface area contributed by atoms with Gasteiger partial charge in [0.15, 0.2) is 5.69 Å². The summed E-state index contributed by atoms with van der Waals surface area (Å²) >= 11 is 2.98. The van der Waals surface area contributed by atoms with Gasteiger partial charge in [-0.1, -0.05) is 6.07 Å². The van der Waals surface area contributed by atoms with Crippen molar-refractivity contribution in [3.63, 3.8) is 0 Å². The Bertz CT molecular complexity index is 785. The lowest BCUT2D eigenvalue weighted by Crippen LogP contribution is -2.21. The van der Waals surface area contributed by atoms with E-state index in [1.807, 2.05) is 0 Å². The maximum absolute atomic E-state index is 13.0. The third kappa shape index (κ3) is 3.55. The molecule has 0 radical (unpaired) electrons. The van der Waals surface area contributed by atoms with Crippen LogP contribution in [0.25, 0.3) is 0 Å². The number of nitrogens with one attached hydrogen (secondary N) is 1. The zero-order valence-electron chi connectivity index (χ0n) is 12.3. The molecule has 2 N–H and O–H groups in total. The number of hydrogen-bond donors (Lipinski definition) is 2. The normalized spacial score (nSPS) is 14.7. The van der Waals surface area contributed by atoms with Crippen molar-refractivity contribution in [3.05, 3.63) is 40.1 Å². The molecule has 1 aromatic heterocycles. The quantitative estimate of drug-likeness (QED) is 0.813. The van der Waals surface area contributed by atoms with Crippen molar-refractivity contribution in [1.82, 2.24) is 9.78 Å². The van der Waals surface area contributed by atoms with Crippen LogP contribution in [0.3, 0.4) is 0 Å². The first-order chi connectivity index (χ1) is 11.3. The number of halogens is 4. The molecule has 0 aliphatic heterocycles. The van der Waals surface area contributed by atoms with E-state index in [9.17, 15) is 23.1 Å². The molecule has 9 heteroatoms. The summed E-state index contributed by atoms with van der Waals surface area (Å²) in [5, 5.41) is 15.5. The summed E-state index contributed by atoms with van der Waals surface area (Å²) in [6, 6.07) is 5.91. The van der Waals surface area contributed by atoms with E-state index in [1.54, 1.807) is 12.1 Å². The molecule has 1 amide bonds. The highest BCUT2D eigenvalue weighted by molar-refractivity contribution is 9.10. The summed E-state index contributed by atoms with van der Waals surface area (Å²) in [5.74, 6) is -0.560. The van der Waals surface area contributed by atoms with Crippen LogP contribution in [0.5, 0.6) is 5.75 Å². The molecule has 0 bridgehead atoms. The number of benzene rings is 1. The van der Waals surface area contributed by atoms with Crippen LogP contribution in [-0.2, 0) is 17.5 Å². The van der Waals surface area contributed by atoms with E-state index in [4.69, 9.17) is 0 Å². The fourth-order valence-electron chi connectivity index (χ4n) is 2.42. The van der Waals surface area contributed by atoms with E-state index in [1.165, 1.54) is 12.1 Å². The number of aromatic nitrogens is 2. The van der Waals surface area contributed by atoms with E-state index in [2.05, 4.69) is 26.3 Å². The van der Waals surface area contributed by atoms with Gasteiger partial charge in [-0.3, -0.25) is 9.48 Å². The molecule has 5 nitrogen and oxygen atoms in total. The SMILES string of the molecule is O=C(Cn1nc(C(F)(F)F)c(Br)c1C1CC1)Nc1cccc(O)c1. The van der Waals surface area contributed by atoms with Crippen molar-refractivity contribution in [3.8, 4) is 5.75 Å². The third-order valence-electron chi connectivity index (χ3n) is 3.59. The minimum absolute atomic E-state index is 0.0171. The monoisotopic (exact) mass is 403 g/mol. The van der Waals surface area contributed by atoms with Crippen molar-refractivity contribution in [1.29, 1.82) is 0 Å². The summed E-state index contributed by atoms with van der Waals surface area (Å²) < 4.78 is 40.1. The number of hydrogen-bond acceptors (Lipinski definition) is 3. The molecule has 3 rings (SSSR count). The predicted molar refractivity (Wildman–Crippen MR) is 83.6 cm³/mol. The first-order valence-electron chi connectivity index (χ1n) is 7.18. The Kier molecular flexibility index (Phi) is 4.29. The molecular weight excluding hydrogens is 391 g/mol. The zero-order valence-corrected chi connectivity index (χ0v) is 13.9. The van der Waals surface area contributed by atoms with Gasteiger partial charge in [0, 0.05) is 17.7 Å². The van der Waals surface area contributed by atoms with Crippen LogP contribution in [0.1, 0.15) is 30.1 Å². The van der Waals surface area contributed by atoms with Crippen LogP contribution < -0.4 is 5.32 Å². The summed E-state index contributed by atoms with van der Waals surface area (Å²) in [6.07, 6.45) is -3.04. The average Bonchev–Trinajstić information content (AvgIpc) is 3.23. The molecule has 1 saturated carbocycles. The van der Waals surface area contributed by atoms with Gasteiger partial charge in [-0.2, -0.15) is 18.3 Å². The van der Waals surface area contributed by atoms with Gasteiger partial charge in [-0.05, 0) is 40.9 Å². The first kappa shape index (κ1) is 16.8. The third-order valence-corrected chi connectivity index (χ3v) is 4.37. The first-order valence-corrected chi connectivity index (χ1v) is 7.97. The van der Waals surface area contributed by atoms with E-state index < -0.39 is 17.8 Å². The van der Waals surface area contributed by atoms with Gasteiger partial charge in [-0.15, -0.1) is 0 Å². The number of phenolic OH excluding ortho intramolecular Hbond substituents is 1. The van der Waals surface area contributed by atoms with Crippen molar-refractivity contribution in [2.24, 2.45) is 0 Å². The summed E-state index contributed by atoms with van der Waals surface area (Å²) in [7, 11) is 0. The van der Waals surface area contributed by atoms with E-state index >= 15 is 0 Å². The summed E-state index contributed by atoms with van der Waals surface area (Å²) in [6.45, 7) is -0.337. The number of carbonyl (C=O) groups is 1. The van der Waals surface area contributed by atoms with Gasteiger partial charge in [0.1, 0.15) is 12.3 Å². The number of rotatable bonds is 4. The lowest BCUT2D eigenvalue weighted by atomic mass is 10.2. The number of nitrogens with zero attached hydrogens (tertiary/aromatic N) is 2. The molecule has 0 unspecified atom stereocenters. The molecule has 1 aromatic carbocycles. The second-order valence-electron chi connectivity index (χ2n) is 5.58. The van der Waals surface area contributed by atoms with Gasteiger partial charge in [-0.25, -0.2) is 0 Å². The highest BCUT2D eigenvalue weighted by atomic mass is 79.9. The molecule has 0 atom stereocenters. The number of aromatic hydroxyl groups is 1. The van der Waals surface area contributed by atoms with E-state index in [0.717, 1.165) is 17.5 Å². The second kappa shape index (κ2) is 6.12. The fraction of sp³-hybridized carbons (Fsp3) is 0.333. The Hall–Kier alpha value is -2.03. The maximum atomic E-state index is 13.0. The van der Waals surface area contributed by atoms with Gasteiger partial charge in [0.2, 0.25) is 5.91 Å². The van der Waals surface area contributed by atoms with Crippen LogP contribution in [0.4, 0.5) is 18.9 Å². The molecular formula is C15H13BrF3N3O2. The van der Waals surface area contributed by atoms with Crippen molar-refractivity contribution < 1.29 is 23.1 Å². The summed E-state index contributed by atoms with van der Waals surface area (Å²) in [5.41, 5.74) is -0.266. The Labute approximate surface area is 143 Å². The van der Waals surface area contributed by atoms with Crippen molar-refractivity contribution in [2.45, 2.75) is 31.5 Å². The lowest BCUT2D eigenvalue weighted by molar-refractivity contribution is -0.142. The zero-order chi connectivity index (χ0) is 17.5. The number of amides is 1. The molecule has 2 aromatic rings. The number of phenols is 1. The highest BCUT2D eigenvalue weighted by Crippen LogP contribution is 2.46. The molecule has 0 saturated heterocycles. The molecule has 0 spiro atoms. The molecule has 1 aliphatic carbocycles. The van der Waals surface area contributed by atoms with Crippen molar-refractivity contribution >= 4 is 27.5 Å². The Morgan fingerprint density at radius 3 is 2.71 bits per heavy atom. The largest absolute Gasteiger partial charge is 0.508 e. The van der Waals surface area contributed by atoms with Gasteiger partial charge < -0.3 is 10.4 Å². The highest BCUT2D eigenvalue weighted by Gasteiger charge is 2.41. The number of carbonyl (C=O) groups excluding carboxylic acids is 1. The Morgan fingerprint density at radius 2 is 2.12 bits per heavy atom. The molecule has 1 aliphatic rings. The van der Waals surface area contributed by atoms with Crippen LogP contribution in [0.15, 0.2) is 28.7 Å². The van der Waals surface area contributed by atoms with Crippen LogP contribution >= 0.6 is 15.9 Å². The minimum atomic E-state index is -4.59. The van der Waals surface area contributed by atoms with E-state index in [-0.39, 0.29) is 22.7 Å². The lowest BCUT2D eigenvalue weighted by Gasteiger charge is -2.08. The van der Waals surface area contributed by atoms with E-state index in [0.29, 0.717) is 11.4 Å². The maximum Gasteiger partial charge on any atom is 0.436 e. The van der Waals surface area contributed by atoms with Gasteiger partial charge in [0.25, 0.3) is 0 Å². The topological polar surface area (TPSA) is 67.2 Å². The second-order valence-corrected chi connectivity index (χ2v) is 6.37. The predicted octanol–water partition coefficient (Wildman–Crippen LogP) is 3.89. The smallest absolute Gasteiger partial charge is 0.436 e. The Balaban J connectivity index is 1.83. The number of anilines is 1. The van der Waals surface area contributed by atoms with Crippen LogP contribution in [0, 0.1) is 0 Å². The van der Waals surface area contributed by atoms with Gasteiger partial charge in [0.05, 0.1) is 10.2 Å². The van der Waals surface area contributed by atoms with Crippen molar-refractivity contribution in [2.75, 3.05) is 5.32 Å². The molecule has 1 heterocycles. The average molecular weight is 404 g/mol. The Morgan fingerprint density at radius 1 is 1.42 bits per heavy atom. The van der Waals surface area contributed by atoms with Gasteiger partial charge >= 0.3 is 6.18 Å². The van der Waals surface area contributed by atoms with Crippen LogP contribution in [-0.4, -0.2) is 20.8 Å². The number of alkyl halides is 3. The van der Waals surface area contributed by atoms with Crippen LogP contribution in [0.2, 0.25) is 0 Å². The molecule has 128 valence electrons. The molecule has 24 heavy (non-hydrogen) atoms.